The Morgan fingerprint density at radius 2 is 2.06 bits per heavy atom. The minimum absolute atomic E-state index is 0.0304. The molecule has 156 valence electrons. The minimum Gasteiger partial charge on any atom is -0.455 e. The van der Waals surface area contributed by atoms with E-state index in [2.05, 4.69) is 15.3 Å². The number of furan rings is 1. The van der Waals surface area contributed by atoms with Crippen LogP contribution in [-0.4, -0.2) is 21.7 Å². The number of hydrogen-bond donors (Lipinski definition) is 2. The summed E-state index contributed by atoms with van der Waals surface area (Å²) in [5.41, 5.74) is 3.72. The number of aromatic amines is 1. The molecule has 0 unspecified atom stereocenters. The lowest BCUT2D eigenvalue weighted by Gasteiger charge is -2.07. The van der Waals surface area contributed by atoms with Gasteiger partial charge in [0.2, 0.25) is 0 Å². The lowest BCUT2D eigenvalue weighted by Crippen LogP contribution is -2.13. The Balaban J connectivity index is 1.38. The van der Waals surface area contributed by atoms with Crippen LogP contribution in [0.1, 0.15) is 56.5 Å². The lowest BCUT2D eigenvalue weighted by atomic mass is 9.94. The Kier molecular flexibility index (Phi) is 4.66. The summed E-state index contributed by atoms with van der Waals surface area (Å²) < 4.78 is 19.6. The Labute approximate surface area is 177 Å². The molecule has 1 amide bonds. The Morgan fingerprint density at radius 3 is 2.87 bits per heavy atom. The smallest absolute Gasteiger partial charge is 0.291 e. The van der Waals surface area contributed by atoms with E-state index in [4.69, 9.17) is 4.42 Å². The van der Waals surface area contributed by atoms with Gasteiger partial charge in [-0.15, -0.1) is 0 Å². The van der Waals surface area contributed by atoms with E-state index in [1.807, 2.05) is 0 Å². The van der Waals surface area contributed by atoms with Crippen molar-refractivity contribution < 1.29 is 18.4 Å². The molecule has 7 heteroatoms. The molecule has 0 bridgehead atoms. The van der Waals surface area contributed by atoms with Crippen molar-refractivity contribution in [2.24, 2.45) is 0 Å². The third-order valence-corrected chi connectivity index (χ3v) is 5.62. The fourth-order valence-corrected chi connectivity index (χ4v) is 4.10. The SMILES string of the molecule is Cc1c(C(=O)Nc2ccc3nc(Cc4ccccc4F)[nH]c3c2)oc2c1C(=O)CCC2. The highest BCUT2D eigenvalue weighted by Gasteiger charge is 2.28. The first-order valence-corrected chi connectivity index (χ1v) is 10.2. The lowest BCUT2D eigenvalue weighted by molar-refractivity contribution is 0.0963. The molecular formula is C24H20FN3O3. The Bertz CT molecular complexity index is 1340. The molecule has 2 aromatic carbocycles. The van der Waals surface area contributed by atoms with Gasteiger partial charge in [-0.25, -0.2) is 9.37 Å². The molecule has 0 saturated carbocycles. The van der Waals surface area contributed by atoms with Crippen LogP contribution in [0.3, 0.4) is 0 Å². The van der Waals surface area contributed by atoms with Crippen molar-refractivity contribution >= 4 is 28.4 Å². The molecule has 0 spiro atoms. The number of anilines is 1. The van der Waals surface area contributed by atoms with Gasteiger partial charge in [-0.1, -0.05) is 18.2 Å². The summed E-state index contributed by atoms with van der Waals surface area (Å²) in [6.45, 7) is 1.74. The first-order chi connectivity index (χ1) is 15.0. The van der Waals surface area contributed by atoms with Crippen molar-refractivity contribution in [3.63, 3.8) is 0 Å². The molecule has 2 N–H and O–H groups in total. The monoisotopic (exact) mass is 417 g/mol. The molecule has 0 fully saturated rings. The number of ketones is 1. The Morgan fingerprint density at radius 1 is 1.23 bits per heavy atom. The number of amides is 1. The molecule has 4 aromatic rings. The van der Waals surface area contributed by atoms with E-state index in [-0.39, 0.29) is 17.4 Å². The van der Waals surface area contributed by atoms with E-state index in [0.717, 1.165) is 17.5 Å². The van der Waals surface area contributed by atoms with Crippen LogP contribution in [0.25, 0.3) is 11.0 Å². The quantitative estimate of drug-likeness (QED) is 0.491. The summed E-state index contributed by atoms with van der Waals surface area (Å²) >= 11 is 0. The number of aromatic nitrogens is 2. The number of aryl methyl sites for hydroxylation is 1. The second-order valence-corrected chi connectivity index (χ2v) is 7.77. The van der Waals surface area contributed by atoms with E-state index in [0.29, 0.717) is 53.2 Å². The number of imidazole rings is 1. The van der Waals surface area contributed by atoms with E-state index in [9.17, 15) is 14.0 Å². The largest absolute Gasteiger partial charge is 0.455 e. The normalized spacial score (nSPS) is 13.4. The van der Waals surface area contributed by atoms with Crippen LogP contribution in [0.4, 0.5) is 10.1 Å². The second-order valence-electron chi connectivity index (χ2n) is 7.77. The van der Waals surface area contributed by atoms with E-state index in [1.54, 1.807) is 43.3 Å². The van der Waals surface area contributed by atoms with Crippen LogP contribution >= 0.6 is 0 Å². The summed E-state index contributed by atoms with van der Waals surface area (Å²) in [7, 11) is 0. The van der Waals surface area contributed by atoms with Crippen LogP contribution in [-0.2, 0) is 12.8 Å². The van der Waals surface area contributed by atoms with Gasteiger partial charge in [0.25, 0.3) is 5.91 Å². The summed E-state index contributed by atoms with van der Waals surface area (Å²) in [5, 5.41) is 2.83. The van der Waals surface area contributed by atoms with E-state index >= 15 is 0 Å². The molecule has 0 saturated heterocycles. The molecule has 5 rings (SSSR count). The van der Waals surface area contributed by atoms with Crippen LogP contribution in [0.2, 0.25) is 0 Å². The van der Waals surface area contributed by atoms with E-state index < -0.39 is 5.91 Å². The van der Waals surface area contributed by atoms with Gasteiger partial charge in [0.1, 0.15) is 17.4 Å². The third-order valence-electron chi connectivity index (χ3n) is 5.62. The van der Waals surface area contributed by atoms with Gasteiger partial charge in [0.05, 0.1) is 16.6 Å². The number of benzene rings is 2. The third kappa shape index (κ3) is 3.52. The molecule has 0 radical (unpaired) electrons. The topological polar surface area (TPSA) is 88.0 Å². The Hall–Kier alpha value is -3.74. The number of hydrogen-bond acceptors (Lipinski definition) is 4. The van der Waals surface area contributed by atoms with Crippen LogP contribution in [0.5, 0.6) is 0 Å². The number of carbonyl (C=O) groups is 2. The molecule has 0 atom stereocenters. The highest BCUT2D eigenvalue weighted by atomic mass is 19.1. The summed E-state index contributed by atoms with van der Waals surface area (Å²) in [4.78, 5) is 32.7. The van der Waals surface area contributed by atoms with Crippen molar-refractivity contribution in [1.29, 1.82) is 0 Å². The molecule has 2 heterocycles. The number of nitrogens with zero attached hydrogens (tertiary/aromatic N) is 1. The van der Waals surface area contributed by atoms with Crippen molar-refractivity contribution in [1.82, 2.24) is 9.97 Å². The number of Topliss-reactive ketones (excluding diaryl/α,β-unsaturated/α-hetero) is 1. The number of H-pyrrole nitrogens is 1. The first-order valence-electron chi connectivity index (χ1n) is 10.2. The standard InChI is InChI=1S/C24H20FN3O3/c1-13-22-19(29)7-4-8-20(22)31-23(13)24(30)26-15-9-10-17-18(12-15)28-21(27-17)11-14-5-2-3-6-16(14)25/h2-3,5-6,9-10,12H,4,7-8,11H2,1H3,(H,26,30)(H,27,28). The maximum atomic E-state index is 13.9. The number of fused-ring (bicyclic) bond motifs is 2. The second kappa shape index (κ2) is 7.50. The number of halogens is 1. The van der Waals surface area contributed by atoms with Gasteiger partial charge in [-0.3, -0.25) is 9.59 Å². The van der Waals surface area contributed by atoms with Gasteiger partial charge in [-0.2, -0.15) is 0 Å². The predicted octanol–water partition coefficient (Wildman–Crippen LogP) is 4.97. The molecule has 2 aromatic heterocycles. The number of nitrogens with one attached hydrogen (secondary N) is 2. The highest BCUT2D eigenvalue weighted by molar-refractivity contribution is 6.08. The number of carbonyl (C=O) groups excluding carboxylic acids is 2. The average Bonchev–Trinajstić information content (AvgIpc) is 3.30. The fourth-order valence-electron chi connectivity index (χ4n) is 4.10. The van der Waals surface area contributed by atoms with Crippen LogP contribution in [0, 0.1) is 12.7 Å². The highest BCUT2D eigenvalue weighted by Crippen LogP contribution is 2.30. The maximum absolute atomic E-state index is 13.9. The molecule has 1 aliphatic rings. The zero-order valence-corrected chi connectivity index (χ0v) is 16.9. The molecule has 0 aliphatic heterocycles. The first kappa shape index (κ1) is 19.2. The van der Waals surface area contributed by atoms with Crippen LogP contribution < -0.4 is 5.32 Å². The summed E-state index contributed by atoms with van der Waals surface area (Å²) in [5.74, 6) is 0.765. The molecular weight excluding hydrogens is 397 g/mol. The summed E-state index contributed by atoms with van der Waals surface area (Å²) in [6, 6.07) is 11.9. The van der Waals surface area contributed by atoms with Gasteiger partial charge in [-0.05, 0) is 43.2 Å². The zero-order chi connectivity index (χ0) is 21.5. The van der Waals surface area contributed by atoms with Gasteiger partial charge in [0.15, 0.2) is 11.5 Å². The average molecular weight is 417 g/mol. The van der Waals surface area contributed by atoms with Gasteiger partial charge < -0.3 is 14.7 Å². The van der Waals surface area contributed by atoms with Crippen molar-refractivity contribution in [2.75, 3.05) is 5.32 Å². The predicted molar refractivity (Wildman–Crippen MR) is 114 cm³/mol. The van der Waals surface area contributed by atoms with Crippen molar-refractivity contribution in [3.8, 4) is 0 Å². The molecule has 31 heavy (non-hydrogen) atoms. The van der Waals surface area contributed by atoms with E-state index in [1.165, 1.54) is 6.07 Å². The fraction of sp³-hybridized carbons (Fsp3) is 0.208. The number of rotatable bonds is 4. The van der Waals surface area contributed by atoms with Crippen LogP contribution in [0.15, 0.2) is 46.9 Å². The maximum Gasteiger partial charge on any atom is 0.291 e. The molecule has 6 nitrogen and oxygen atoms in total. The molecule has 1 aliphatic carbocycles. The zero-order valence-electron chi connectivity index (χ0n) is 16.9. The van der Waals surface area contributed by atoms with Crippen molar-refractivity contribution in [2.45, 2.75) is 32.6 Å². The minimum atomic E-state index is -0.398. The van der Waals surface area contributed by atoms with Gasteiger partial charge >= 0.3 is 0 Å². The van der Waals surface area contributed by atoms with Crippen molar-refractivity contribution in [3.05, 3.63) is 82.3 Å². The van der Waals surface area contributed by atoms with Gasteiger partial charge in [0, 0.05) is 30.5 Å². The summed E-state index contributed by atoms with van der Waals surface area (Å²) in [6.07, 6.45) is 2.24.